The van der Waals surface area contributed by atoms with Crippen molar-refractivity contribution in [2.24, 2.45) is 0 Å². The number of rotatable bonds is 3. The van der Waals surface area contributed by atoms with Gasteiger partial charge in [-0.2, -0.15) is 0 Å². The third-order valence-corrected chi connectivity index (χ3v) is 3.52. The van der Waals surface area contributed by atoms with Crippen LogP contribution in [-0.4, -0.2) is 19.5 Å². The number of halogens is 1. The Labute approximate surface area is 124 Å². The number of aromatic hydroxyl groups is 1. The first-order valence-electron chi connectivity index (χ1n) is 6.14. The number of fused-ring (bicyclic) bond motifs is 1. The molecule has 0 spiro atoms. The number of hydrogen-bond acceptors (Lipinski definition) is 4. The Morgan fingerprint density at radius 3 is 2.95 bits per heavy atom. The van der Waals surface area contributed by atoms with E-state index in [4.69, 9.17) is 0 Å². The van der Waals surface area contributed by atoms with Crippen LogP contribution in [0.4, 0.5) is 5.69 Å². The summed E-state index contributed by atoms with van der Waals surface area (Å²) in [4.78, 5) is 8.45. The summed E-state index contributed by atoms with van der Waals surface area (Å²) in [7, 11) is 0. The first kappa shape index (κ1) is 12.9. The first-order valence-corrected chi connectivity index (χ1v) is 6.94. The Bertz CT molecular complexity index is 769. The highest BCUT2D eigenvalue weighted by Crippen LogP contribution is 2.20. The third kappa shape index (κ3) is 2.46. The Hall–Kier alpha value is -2.08. The van der Waals surface area contributed by atoms with Gasteiger partial charge >= 0.3 is 0 Å². The number of benzene rings is 1. The first-order chi connectivity index (χ1) is 9.63. The SMILES string of the molecule is Cc1cc(NCc2cnc3cnc(Br)cn23)ccc1O. The number of aryl methyl sites for hydroxylation is 1. The second-order valence-electron chi connectivity index (χ2n) is 4.54. The normalized spacial score (nSPS) is 10.9. The number of hydrogen-bond donors (Lipinski definition) is 2. The standard InChI is InChI=1S/C14H13BrN4O/c1-9-4-10(2-3-12(9)20)16-5-11-6-18-14-7-17-13(15)8-19(11)14/h2-4,6-8,16,20H,5H2,1H3. The topological polar surface area (TPSA) is 62.5 Å². The highest BCUT2D eigenvalue weighted by atomic mass is 79.9. The zero-order valence-electron chi connectivity index (χ0n) is 10.8. The number of phenols is 1. The van der Waals surface area contributed by atoms with E-state index in [0.29, 0.717) is 12.3 Å². The number of anilines is 1. The zero-order chi connectivity index (χ0) is 14.1. The van der Waals surface area contributed by atoms with Crippen LogP contribution in [0.15, 0.2) is 41.4 Å². The van der Waals surface area contributed by atoms with Crippen LogP contribution in [0.25, 0.3) is 5.65 Å². The van der Waals surface area contributed by atoms with Crippen molar-refractivity contribution in [3.05, 3.63) is 52.7 Å². The van der Waals surface area contributed by atoms with Crippen LogP contribution >= 0.6 is 15.9 Å². The molecule has 0 aliphatic rings. The second-order valence-corrected chi connectivity index (χ2v) is 5.36. The van der Waals surface area contributed by atoms with Gasteiger partial charge in [0.05, 0.1) is 24.6 Å². The fourth-order valence-electron chi connectivity index (χ4n) is 2.00. The molecule has 0 aliphatic carbocycles. The number of imidazole rings is 1. The maximum atomic E-state index is 9.51. The van der Waals surface area contributed by atoms with Gasteiger partial charge in [-0.05, 0) is 46.6 Å². The minimum atomic E-state index is 0.306. The summed E-state index contributed by atoms with van der Waals surface area (Å²) in [6.45, 7) is 2.51. The van der Waals surface area contributed by atoms with E-state index in [0.717, 1.165) is 27.2 Å². The molecule has 1 aromatic carbocycles. The summed E-state index contributed by atoms with van der Waals surface area (Å²) in [5, 5.41) is 12.8. The minimum absolute atomic E-state index is 0.306. The summed E-state index contributed by atoms with van der Waals surface area (Å²) >= 11 is 3.36. The predicted octanol–water partition coefficient (Wildman–Crippen LogP) is 3.12. The molecule has 5 nitrogen and oxygen atoms in total. The summed E-state index contributed by atoms with van der Waals surface area (Å²) in [6.07, 6.45) is 5.43. The lowest BCUT2D eigenvalue weighted by molar-refractivity contribution is 0.471. The molecule has 0 bridgehead atoms. The monoisotopic (exact) mass is 332 g/mol. The molecule has 0 amide bonds. The fraction of sp³-hybridized carbons (Fsp3) is 0.143. The van der Waals surface area contributed by atoms with Crippen molar-refractivity contribution in [3.8, 4) is 5.75 Å². The summed E-state index contributed by atoms with van der Waals surface area (Å²) in [5.41, 5.74) is 3.66. The Morgan fingerprint density at radius 1 is 1.30 bits per heavy atom. The van der Waals surface area contributed by atoms with Gasteiger partial charge < -0.3 is 10.4 Å². The Balaban J connectivity index is 1.83. The Kier molecular flexibility index (Phi) is 3.31. The van der Waals surface area contributed by atoms with Crippen molar-refractivity contribution in [2.45, 2.75) is 13.5 Å². The molecule has 102 valence electrons. The van der Waals surface area contributed by atoms with Crippen molar-refractivity contribution < 1.29 is 5.11 Å². The van der Waals surface area contributed by atoms with Crippen LogP contribution in [0.1, 0.15) is 11.3 Å². The van der Waals surface area contributed by atoms with Gasteiger partial charge in [-0.25, -0.2) is 9.97 Å². The maximum absolute atomic E-state index is 9.51. The molecule has 0 aliphatic heterocycles. The highest BCUT2D eigenvalue weighted by molar-refractivity contribution is 9.10. The van der Waals surface area contributed by atoms with Crippen molar-refractivity contribution in [3.63, 3.8) is 0 Å². The second kappa shape index (κ2) is 5.13. The maximum Gasteiger partial charge on any atom is 0.155 e. The molecule has 0 fully saturated rings. The van der Waals surface area contributed by atoms with Crippen molar-refractivity contribution in [2.75, 3.05) is 5.32 Å². The van der Waals surface area contributed by atoms with Gasteiger partial charge in [-0.3, -0.25) is 4.40 Å². The van der Waals surface area contributed by atoms with Crippen molar-refractivity contribution >= 4 is 27.3 Å². The smallest absolute Gasteiger partial charge is 0.155 e. The van der Waals surface area contributed by atoms with Crippen LogP contribution in [-0.2, 0) is 6.54 Å². The van der Waals surface area contributed by atoms with Gasteiger partial charge in [0.25, 0.3) is 0 Å². The number of aromatic nitrogens is 3. The van der Waals surface area contributed by atoms with E-state index < -0.39 is 0 Å². The Morgan fingerprint density at radius 2 is 2.15 bits per heavy atom. The molecule has 3 aromatic rings. The molecular weight excluding hydrogens is 320 g/mol. The molecule has 2 heterocycles. The molecule has 2 aromatic heterocycles. The van der Waals surface area contributed by atoms with Crippen LogP contribution in [0.3, 0.4) is 0 Å². The summed E-state index contributed by atoms with van der Waals surface area (Å²) < 4.78 is 2.75. The lowest BCUT2D eigenvalue weighted by atomic mass is 10.2. The largest absolute Gasteiger partial charge is 0.508 e. The molecule has 0 atom stereocenters. The van der Waals surface area contributed by atoms with Gasteiger partial charge in [-0.1, -0.05) is 0 Å². The van der Waals surface area contributed by atoms with E-state index in [9.17, 15) is 5.11 Å². The van der Waals surface area contributed by atoms with E-state index in [-0.39, 0.29) is 0 Å². The molecule has 0 saturated carbocycles. The zero-order valence-corrected chi connectivity index (χ0v) is 12.4. The summed E-state index contributed by atoms with van der Waals surface area (Å²) in [6, 6.07) is 5.45. The molecule has 6 heteroatoms. The van der Waals surface area contributed by atoms with E-state index in [2.05, 4.69) is 31.2 Å². The molecule has 2 N–H and O–H groups in total. The van der Waals surface area contributed by atoms with Gasteiger partial charge in [0, 0.05) is 11.9 Å². The van der Waals surface area contributed by atoms with Crippen LogP contribution in [0.2, 0.25) is 0 Å². The predicted molar refractivity (Wildman–Crippen MR) is 80.9 cm³/mol. The lowest BCUT2D eigenvalue weighted by Crippen LogP contribution is -2.03. The number of nitrogens with one attached hydrogen (secondary N) is 1. The van der Waals surface area contributed by atoms with Crippen molar-refractivity contribution in [1.29, 1.82) is 0 Å². The molecular formula is C14H13BrN4O. The van der Waals surface area contributed by atoms with Crippen LogP contribution < -0.4 is 5.32 Å². The van der Waals surface area contributed by atoms with Crippen LogP contribution in [0.5, 0.6) is 5.75 Å². The quantitative estimate of drug-likeness (QED) is 0.723. The number of nitrogens with zero attached hydrogens (tertiary/aromatic N) is 3. The molecule has 0 radical (unpaired) electrons. The minimum Gasteiger partial charge on any atom is -0.508 e. The molecule has 20 heavy (non-hydrogen) atoms. The summed E-state index contributed by atoms with van der Waals surface area (Å²) in [5.74, 6) is 0.306. The molecule has 0 saturated heterocycles. The highest BCUT2D eigenvalue weighted by Gasteiger charge is 2.05. The van der Waals surface area contributed by atoms with E-state index in [1.165, 1.54) is 0 Å². The fourth-order valence-corrected chi connectivity index (χ4v) is 2.31. The van der Waals surface area contributed by atoms with Crippen LogP contribution in [0, 0.1) is 6.92 Å². The average molecular weight is 333 g/mol. The van der Waals surface area contributed by atoms with E-state index >= 15 is 0 Å². The molecule has 0 unspecified atom stereocenters. The lowest BCUT2D eigenvalue weighted by Gasteiger charge is -2.08. The van der Waals surface area contributed by atoms with Gasteiger partial charge in [0.2, 0.25) is 0 Å². The third-order valence-electron chi connectivity index (χ3n) is 3.11. The van der Waals surface area contributed by atoms with Gasteiger partial charge in [-0.15, -0.1) is 0 Å². The van der Waals surface area contributed by atoms with Gasteiger partial charge in [0.1, 0.15) is 10.4 Å². The van der Waals surface area contributed by atoms with Gasteiger partial charge in [0.15, 0.2) is 5.65 Å². The average Bonchev–Trinajstić information content (AvgIpc) is 2.82. The molecule has 3 rings (SSSR count). The van der Waals surface area contributed by atoms with E-state index in [1.54, 1.807) is 12.3 Å². The number of phenolic OH excluding ortho intramolecular Hbond substituents is 1. The van der Waals surface area contributed by atoms with Crippen molar-refractivity contribution in [1.82, 2.24) is 14.4 Å². The van der Waals surface area contributed by atoms with E-state index in [1.807, 2.05) is 35.9 Å².